The molecular weight excluding hydrogens is 260 g/mol. The van der Waals surface area contributed by atoms with E-state index in [1.807, 2.05) is 20.8 Å². The Morgan fingerprint density at radius 2 is 2.00 bits per heavy atom. The van der Waals surface area contributed by atoms with Crippen molar-refractivity contribution in [3.63, 3.8) is 0 Å². The number of hydrogen-bond donors (Lipinski definition) is 2. The third-order valence-corrected chi connectivity index (χ3v) is 3.14. The van der Waals surface area contributed by atoms with Crippen molar-refractivity contribution in [2.24, 2.45) is 0 Å². The summed E-state index contributed by atoms with van der Waals surface area (Å²) in [5, 5.41) is 19.6. The minimum atomic E-state index is -1.10. The summed E-state index contributed by atoms with van der Waals surface area (Å²) in [4.78, 5) is 23.4. The molecule has 1 aliphatic rings. The van der Waals surface area contributed by atoms with E-state index in [0.717, 1.165) is 12.8 Å². The molecule has 2 N–H and O–H groups in total. The first kappa shape index (κ1) is 14.5. The van der Waals surface area contributed by atoms with Gasteiger partial charge in [-0.1, -0.05) is 5.21 Å². The van der Waals surface area contributed by atoms with E-state index in [2.05, 4.69) is 15.6 Å². The quantitative estimate of drug-likeness (QED) is 0.867. The molecule has 0 spiro atoms. The van der Waals surface area contributed by atoms with Gasteiger partial charge in [-0.3, -0.25) is 4.79 Å². The molecule has 7 heteroatoms. The third kappa shape index (κ3) is 2.97. The maximum absolute atomic E-state index is 12.2. The van der Waals surface area contributed by atoms with E-state index < -0.39 is 12.0 Å². The van der Waals surface area contributed by atoms with Gasteiger partial charge in [-0.25, -0.2) is 9.48 Å². The zero-order valence-corrected chi connectivity index (χ0v) is 12.2. The summed E-state index contributed by atoms with van der Waals surface area (Å²) in [6.07, 6.45) is 1.84. The molecule has 110 valence electrons. The Morgan fingerprint density at radius 1 is 1.40 bits per heavy atom. The van der Waals surface area contributed by atoms with Crippen molar-refractivity contribution in [2.45, 2.75) is 58.0 Å². The smallest absolute Gasteiger partial charge is 0.358 e. The first-order valence-corrected chi connectivity index (χ1v) is 6.71. The SMILES string of the molecule is CC(C(=O)NC(C)(C)C)n1nnc(C(=O)O)c1C1CC1. The third-order valence-electron chi connectivity index (χ3n) is 3.14. The average molecular weight is 280 g/mol. The summed E-state index contributed by atoms with van der Waals surface area (Å²) < 4.78 is 1.45. The Bertz CT molecular complexity index is 540. The Labute approximate surface area is 117 Å². The highest BCUT2D eigenvalue weighted by molar-refractivity contribution is 5.87. The van der Waals surface area contributed by atoms with E-state index in [1.165, 1.54) is 4.68 Å². The highest BCUT2D eigenvalue weighted by Crippen LogP contribution is 2.41. The van der Waals surface area contributed by atoms with Crippen LogP contribution < -0.4 is 5.32 Å². The monoisotopic (exact) mass is 280 g/mol. The zero-order chi connectivity index (χ0) is 15.1. The van der Waals surface area contributed by atoms with Crippen LogP contribution in [0.4, 0.5) is 0 Å². The fourth-order valence-corrected chi connectivity index (χ4v) is 2.06. The van der Waals surface area contributed by atoms with Gasteiger partial charge in [0, 0.05) is 11.5 Å². The maximum Gasteiger partial charge on any atom is 0.358 e. The molecule has 0 aliphatic heterocycles. The van der Waals surface area contributed by atoms with Crippen molar-refractivity contribution in [3.05, 3.63) is 11.4 Å². The van der Waals surface area contributed by atoms with Gasteiger partial charge in [-0.15, -0.1) is 5.10 Å². The van der Waals surface area contributed by atoms with Crippen LogP contribution in [0.1, 0.15) is 68.7 Å². The van der Waals surface area contributed by atoms with E-state index in [1.54, 1.807) is 6.92 Å². The number of carbonyl (C=O) groups is 2. The number of carbonyl (C=O) groups excluding carboxylic acids is 1. The molecule has 1 unspecified atom stereocenters. The summed E-state index contributed by atoms with van der Waals surface area (Å²) in [5.74, 6) is -1.14. The van der Waals surface area contributed by atoms with Gasteiger partial charge in [0.1, 0.15) is 6.04 Å². The molecule has 7 nitrogen and oxygen atoms in total. The molecule has 2 rings (SSSR count). The fraction of sp³-hybridized carbons (Fsp3) is 0.692. The highest BCUT2D eigenvalue weighted by atomic mass is 16.4. The molecule has 1 amide bonds. The van der Waals surface area contributed by atoms with E-state index in [-0.39, 0.29) is 23.1 Å². The molecule has 1 aliphatic carbocycles. The number of carboxylic acid groups (broad SMARTS) is 1. The van der Waals surface area contributed by atoms with Crippen LogP contribution in [0.3, 0.4) is 0 Å². The summed E-state index contributed by atoms with van der Waals surface area (Å²) in [7, 11) is 0. The Balaban J connectivity index is 2.28. The number of nitrogens with one attached hydrogen (secondary N) is 1. The van der Waals surface area contributed by atoms with E-state index in [4.69, 9.17) is 5.11 Å². The van der Waals surface area contributed by atoms with Crippen LogP contribution in [-0.2, 0) is 4.79 Å². The molecule has 20 heavy (non-hydrogen) atoms. The second kappa shape index (κ2) is 4.88. The molecule has 1 atom stereocenters. The lowest BCUT2D eigenvalue weighted by Crippen LogP contribution is -2.44. The fourth-order valence-electron chi connectivity index (χ4n) is 2.06. The largest absolute Gasteiger partial charge is 0.476 e. The van der Waals surface area contributed by atoms with Crippen LogP contribution in [0.25, 0.3) is 0 Å². The lowest BCUT2D eigenvalue weighted by molar-refractivity contribution is -0.125. The van der Waals surface area contributed by atoms with E-state index in [9.17, 15) is 9.59 Å². The van der Waals surface area contributed by atoms with Gasteiger partial charge in [0.15, 0.2) is 5.69 Å². The lowest BCUT2D eigenvalue weighted by Gasteiger charge is -2.23. The molecule has 0 aromatic carbocycles. The molecule has 1 heterocycles. The van der Waals surface area contributed by atoms with Gasteiger partial charge in [-0.2, -0.15) is 0 Å². The predicted octanol–water partition coefficient (Wildman–Crippen LogP) is 1.33. The average Bonchev–Trinajstić information content (AvgIpc) is 3.04. The minimum Gasteiger partial charge on any atom is -0.476 e. The van der Waals surface area contributed by atoms with Crippen molar-refractivity contribution < 1.29 is 14.7 Å². The van der Waals surface area contributed by atoms with Gasteiger partial charge >= 0.3 is 5.97 Å². The molecule has 1 aromatic heterocycles. The summed E-state index contributed by atoms with van der Waals surface area (Å²) in [6.45, 7) is 7.38. The van der Waals surface area contributed by atoms with Crippen LogP contribution in [0.5, 0.6) is 0 Å². The number of nitrogens with zero attached hydrogens (tertiary/aromatic N) is 3. The van der Waals surface area contributed by atoms with Gasteiger partial charge in [0.25, 0.3) is 0 Å². The van der Waals surface area contributed by atoms with Gasteiger partial charge in [-0.05, 0) is 40.5 Å². The number of rotatable bonds is 4. The Hall–Kier alpha value is -1.92. The van der Waals surface area contributed by atoms with Gasteiger partial charge in [0.2, 0.25) is 5.91 Å². The number of hydrogen-bond acceptors (Lipinski definition) is 4. The number of amides is 1. The summed E-state index contributed by atoms with van der Waals surface area (Å²) >= 11 is 0. The molecule has 1 fully saturated rings. The van der Waals surface area contributed by atoms with Crippen molar-refractivity contribution in [2.75, 3.05) is 0 Å². The Kier molecular flexibility index (Phi) is 3.54. The predicted molar refractivity (Wildman–Crippen MR) is 71.6 cm³/mol. The van der Waals surface area contributed by atoms with Crippen LogP contribution in [0.15, 0.2) is 0 Å². The molecule has 1 aromatic rings. The summed E-state index contributed by atoms with van der Waals surface area (Å²) in [6, 6.07) is -0.578. The number of aromatic carboxylic acids is 1. The number of carboxylic acids is 1. The normalized spacial score (nSPS) is 16.8. The Morgan fingerprint density at radius 3 is 2.45 bits per heavy atom. The molecule has 0 bridgehead atoms. The maximum atomic E-state index is 12.2. The zero-order valence-electron chi connectivity index (χ0n) is 12.2. The van der Waals surface area contributed by atoms with Crippen LogP contribution >= 0.6 is 0 Å². The molecule has 0 saturated heterocycles. The van der Waals surface area contributed by atoms with Crippen molar-refractivity contribution in [3.8, 4) is 0 Å². The summed E-state index contributed by atoms with van der Waals surface area (Å²) in [5.41, 5.74) is 0.179. The van der Waals surface area contributed by atoms with Crippen LogP contribution in [0.2, 0.25) is 0 Å². The standard InChI is InChI=1S/C13H20N4O3/c1-7(11(18)14-13(2,3)4)17-10(8-5-6-8)9(12(19)20)15-16-17/h7-8H,5-6H2,1-4H3,(H,14,18)(H,19,20). The molecule has 0 radical (unpaired) electrons. The van der Waals surface area contributed by atoms with Crippen molar-refractivity contribution in [1.82, 2.24) is 20.3 Å². The van der Waals surface area contributed by atoms with Crippen molar-refractivity contribution in [1.29, 1.82) is 0 Å². The van der Waals surface area contributed by atoms with Gasteiger partial charge < -0.3 is 10.4 Å². The second-order valence-corrected chi connectivity index (χ2v) is 6.26. The highest BCUT2D eigenvalue weighted by Gasteiger charge is 2.36. The lowest BCUT2D eigenvalue weighted by atomic mass is 10.1. The topological polar surface area (TPSA) is 97.1 Å². The molecular formula is C13H20N4O3. The number of aromatic nitrogens is 3. The van der Waals surface area contributed by atoms with Crippen LogP contribution in [0, 0.1) is 0 Å². The van der Waals surface area contributed by atoms with Crippen LogP contribution in [-0.4, -0.2) is 37.5 Å². The van der Waals surface area contributed by atoms with E-state index in [0.29, 0.717) is 5.69 Å². The van der Waals surface area contributed by atoms with E-state index >= 15 is 0 Å². The van der Waals surface area contributed by atoms with Gasteiger partial charge in [0.05, 0.1) is 5.69 Å². The first-order chi connectivity index (χ1) is 9.20. The second-order valence-electron chi connectivity index (χ2n) is 6.26. The molecule has 1 saturated carbocycles. The van der Waals surface area contributed by atoms with Crippen molar-refractivity contribution >= 4 is 11.9 Å². The first-order valence-electron chi connectivity index (χ1n) is 6.71. The minimum absolute atomic E-state index is 0.0390.